The van der Waals surface area contributed by atoms with Crippen molar-refractivity contribution in [3.8, 4) is 11.1 Å². The van der Waals surface area contributed by atoms with Gasteiger partial charge in [0, 0.05) is 13.0 Å². The van der Waals surface area contributed by atoms with Crippen LogP contribution < -0.4 is 10.6 Å². The molecule has 168 valence electrons. The Labute approximate surface area is 185 Å². The monoisotopic (exact) mass is 438 g/mol. The van der Waals surface area contributed by atoms with Crippen LogP contribution in [-0.4, -0.2) is 55.5 Å². The molecule has 1 fully saturated rings. The predicted octanol–water partition coefficient (Wildman–Crippen LogP) is 2.52. The number of benzene rings is 2. The summed E-state index contributed by atoms with van der Waals surface area (Å²) < 4.78 is 10.5. The maximum absolute atomic E-state index is 12.6. The van der Waals surface area contributed by atoms with Crippen molar-refractivity contribution in [3.05, 3.63) is 59.7 Å². The van der Waals surface area contributed by atoms with Crippen molar-refractivity contribution in [2.24, 2.45) is 5.92 Å². The molecule has 4 rings (SSSR count). The van der Waals surface area contributed by atoms with E-state index in [0.717, 1.165) is 35.1 Å². The van der Waals surface area contributed by atoms with Crippen LogP contribution in [0.3, 0.4) is 0 Å². The molecule has 2 aromatic carbocycles. The topological polar surface area (TPSA) is 114 Å². The van der Waals surface area contributed by atoms with Crippen LogP contribution in [0.1, 0.15) is 29.9 Å². The molecule has 0 aromatic heterocycles. The number of hydrogen-bond donors (Lipinski definition) is 3. The van der Waals surface area contributed by atoms with Crippen molar-refractivity contribution in [2.45, 2.75) is 30.8 Å². The molecule has 32 heavy (non-hydrogen) atoms. The van der Waals surface area contributed by atoms with Gasteiger partial charge < -0.3 is 25.2 Å². The molecular weight excluding hydrogens is 412 g/mol. The fourth-order valence-corrected chi connectivity index (χ4v) is 4.20. The van der Waals surface area contributed by atoms with Crippen molar-refractivity contribution < 1.29 is 29.0 Å². The third-order valence-electron chi connectivity index (χ3n) is 5.94. The summed E-state index contributed by atoms with van der Waals surface area (Å²) in [6.07, 6.45) is 0.750. The number of carbonyl (C=O) groups excluding carboxylic acids is 2. The number of hydrogen-bond acceptors (Lipinski definition) is 5. The summed E-state index contributed by atoms with van der Waals surface area (Å²) >= 11 is 0. The van der Waals surface area contributed by atoms with Crippen molar-refractivity contribution in [3.63, 3.8) is 0 Å². The normalized spacial score (nSPS) is 16.4. The van der Waals surface area contributed by atoms with E-state index < -0.39 is 30.1 Å². The van der Waals surface area contributed by atoms with Gasteiger partial charge in [-0.3, -0.25) is 4.79 Å². The Morgan fingerprint density at radius 1 is 1.00 bits per heavy atom. The number of carboxylic acids is 1. The van der Waals surface area contributed by atoms with Crippen LogP contribution in [0.2, 0.25) is 0 Å². The van der Waals surface area contributed by atoms with Crippen molar-refractivity contribution in [1.82, 2.24) is 10.6 Å². The molecule has 2 aliphatic carbocycles. The highest BCUT2D eigenvalue weighted by Gasteiger charge is 2.38. The Morgan fingerprint density at radius 2 is 1.59 bits per heavy atom. The number of amides is 2. The summed E-state index contributed by atoms with van der Waals surface area (Å²) in [4.78, 5) is 36.5. The Bertz CT molecular complexity index is 974. The Balaban J connectivity index is 1.39. The number of carbonyl (C=O) groups is 3. The number of ether oxygens (including phenoxy) is 2. The molecule has 2 aromatic rings. The van der Waals surface area contributed by atoms with E-state index in [9.17, 15) is 19.5 Å². The first-order valence-corrected chi connectivity index (χ1v) is 10.6. The lowest BCUT2D eigenvalue weighted by molar-refractivity contribution is -0.142. The van der Waals surface area contributed by atoms with Gasteiger partial charge >= 0.3 is 12.1 Å². The second-order valence-electron chi connectivity index (χ2n) is 8.14. The molecule has 1 saturated carbocycles. The Hall–Kier alpha value is -3.39. The van der Waals surface area contributed by atoms with E-state index in [-0.39, 0.29) is 25.0 Å². The number of methoxy groups -OCH3 is 1. The first-order valence-electron chi connectivity index (χ1n) is 10.6. The maximum Gasteiger partial charge on any atom is 0.407 e. The molecule has 3 N–H and O–H groups in total. The minimum absolute atomic E-state index is 0.0749. The third-order valence-corrected chi connectivity index (χ3v) is 5.94. The van der Waals surface area contributed by atoms with Crippen LogP contribution in [0, 0.1) is 5.92 Å². The molecule has 0 bridgehead atoms. The van der Waals surface area contributed by atoms with Crippen LogP contribution >= 0.6 is 0 Å². The molecule has 2 aliphatic rings. The van der Waals surface area contributed by atoms with Gasteiger partial charge in [-0.1, -0.05) is 48.5 Å². The molecule has 0 radical (unpaired) electrons. The average Bonchev–Trinajstić information content (AvgIpc) is 3.58. The highest BCUT2D eigenvalue weighted by Crippen LogP contribution is 2.44. The third kappa shape index (κ3) is 4.60. The number of alkyl carbamates (subject to hydrolysis) is 1. The van der Waals surface area contributed by atoms with Gasteiger partial charge in [-0.25, -0.2) is 9.59 Å². The fraction of sp³-hybridized carbons (Fsp3) is 0.375. The van der Waals surface area contributed by atoms with Gasteiger partial charge in [0.1, 0.15) is 18.7 Å². The SMILES string of the molecule is COCC(NC(=O)OCC1c2ccccc2-c2ccccc21)C(=O)NC(C(=O)O)C1CC1. The second-order valence-corrected chi connectivity index (χ2v) is 8.14. The van der Waals surface area contributed by atoms with Crippen molar-refractivity contribution in [1.29, 1.82) is 0 Å². The molecule has 2 unspecified atom stereocenters. The summed E-state index contributed by atoms with van der Waals surface area (Å²) in [7, 11) is 1.40. The zero-order valence-corrected chi connectivity index (χ0v) is 17.7. The van der Waals surface area contributed by atoms with E-state index in [2.05, 4.69) is 10.6 Å². The summed E-state index contributed by atoms with van der Waals surface area (Å²) in [5.41, 5.74) is 4.41. The second kappa shape index (κ2) is 9.40. The highest BCUT2D eigenvalue weighted by atomic mass is 16.5. The predicted molar refractivity (Wildman–Crippen MR) is 116 cm³/mol. The summed E-state index contributed by atoms with van der Waals surface area (Å²) in [5, 5.41) is 14.3. The standard InChI is InChI=1S/C24H26N2O6/c1-31-13-20(22(27)26-21(23(28)29)14-10-11-14)25-24(30)32-12-19-17-8-4-2-6-15(17)16-7-3-5-9-18(16)19/h2-9,14,19-21H,10-13H2,1H3,(H,25,30)(H,26,27)(H,28,29). The van der Waals surface area contributed by atoms with Crippen LogP contribution in [0.15, 0.2) is 48.5 Å². The summed E-state index contributed by atoms with van der Waals surface area (Å²) in [6.45, 7) is 0.00798. The van der Waals surface area contributed by atoms with E-state index >= 15 is 0 Å². The lowest BCUT2D eigenvalue weighted by Crippen LogP contribution is -2.54. The number of carboxylic acid groups (broad SMARTS) is 1. The first-order chi connectivity index (χ1) is 15.5. The van der Waals surface area contributed by atoms with E-state index in [1.165, 1.54) is 7.11 Å². The van der Waals surface area contributed by atoms with Gasteiger partial charge in [0.25, 0.3) is 0 Å². The van der Waals surface area contributed by atoms with E-state index in [4.69, 9.17) is 9.47 Å². The lowest BCUT2D eigenvalue weighted by Gasteiger charge is -2.21. The van der Waals surface area contributed by atoms with Crippen molar-refractivity contribution >= 4 is 18.0 Å². The lowest BCUT2D eigenvalue weighted by atomic mass is 9.98. The van der Waals surface area contributed by atoms with Gasteiger partial charge in [-0.05, 0) is 41.0 Å². The van der Waals surface area contributed by atoms with E-state index in [1.807, 2.05) is 48.5 Å². The minimum Gasteiger partial charge on any atom is -0.480 e. The van der Waals surface area contributed by atoms with Crippen LogP contribution in [0.4, 0.5) is 4.79 Å². The molecule has 8 heteroatoms. The van der Waals surface area contributed by atoms with Crippen molar-refractivity contribution in [2.75, 3.05) is 20.3 Å². The number of aliphatic carboxylic acids is 1. The zero-order valence-electron chi connectivity index (χ0n) is 17.7. The van der Waals surface area contributed by atoms with Crippen LogP contribution in [-0.2, 0) is 19.1 Å². The Morgan fingerprint density at radius 3 is 2.12 bits per heavy atom. The smallest absolute Gasteiger partial charge is 0.407 e. The summed E-state index contributed by atoms with van der Waals surface area (Å²) in [5.74, 6) is -1.87. The number of fused-ring (bicyclic) bond motifs is 3. The molecule has 2 amide bonds. The quantitative estimate of drug-likeness (QED) is 0.554. The largest absolute Gasteiger partial charge is 0.480 e. The zero-order chi connectivity index (χ0) is 22.7. The van der Waals surface area contributed by atoms with Gasteiger partial charge in [-0.2, -0.15) is 0 Å². The summed E-state index contributed by atoms with van der Waals surface area (Å²) in [6, 6.07) is 14.0. The molecule has 0 heterocycles. The molecule has 8 nitrogen and oxygen atoms in total. The van der Waals surface area contributed by atoms with Crippen LogP contribution in [0.25, 0.3) is 11.1 Å². The Kier molecular flexibility index (Phi) is 6.41. The van der Waals surface area contributed by atoms with Crippen LogP contribution in [0.5, 0.6) is 0 Å². The van der Waals surface area contributed by atoms with Gasteiger partial charge in [0.05, 0.1) is 6.61 Å². The fourth-order valence-electron chi connectivity index (χ4n) is 4.20. The van der Waals surface area contributed by atoms with Gasteiger partial charge in [-0.15, -0.1) is 0 Å². The highest BCUT2D eigenvalue weighted by molar-refractivity contribution is 5.89. The molecule has 2 atom stereocenters. The first kappa shape index (κ1) is 21.8. The van der Waals surface area contributed by atoms with E-state index in [1.54, 1.807) is 0 Å². The molecule has 0 spiro atoms. The molecule has 0 saturated heterocycles. The maximum atomic E-state index is 12.6. The minimum atomic E-state index is -1.09. The van der Waals surface area contributed by atoms with Gasteiger partial charge in [0.2, 0.25) is 5.91 Å². The number of rotatable bonds is 9. The van der Waals surface area contributed by atoms with E-state index in [0.29, 0.717) is 0 Å². The average molecular weight is 438 g/mol. The molecular formula is C24H26N2O6. The van der Waals surface area contributed by atoms with Gasteiger partial charge in [0.15, 0.2) is 0 Å². The molecule has 0 aliphatic heterocycles. The number of nitrogens with one attached hydrogen (secondary N) is 2.